The van der Waals surface area contributed by atoms with Gasteiger partial charge in [0.15, 0.2) is 6.61 Å². The summed E-state index contributed by atoms with van der Waals surface area (Å²) in [5.41, 5.74) is 3.53. The Balaban J connectivity index is 1.62. The maximum atomic E-state index is 13.6. The minimum atomic E-state index is -0.531. The first kappa shape index (κ1) is 21.2. The van der Waals surface area contributed by atoms with Crippen molar-refractivity contribution < 1.29 is 18.7 Å². The fraction of sp³-hybridized carbons (Fsp3) is 0.0455. The molecule has 0 aliphatic rings. The number of benzene rings is 3. The fourth-order valence-electron chi connectivity index (χ4n) is 2.46. The minimum Gasteiger partial charge on any atom is -0.483 e. The van der Waals surface area contributed by atoms with Crippen LogP contribution >= 0.6 is 15.9 Å². The fourth-order valence-corrected chi connectivity index (χ4v) is 2.84. The van der Waals surface area contributed by atoms with E-state index in [9.17, 15) is 14.0 Å². The summed E-state index contributed by atoms with van der Waals surface area (Å²) in [6.45, 7) is -0.326. The number of carbonyl (C=O) groups excluding carboxylic acids is 2. The molecule has 0 aromatic heterocycles. The van der Waals surface area contributed by atoms with Crippen molar-refractivity contribution >= 4 is 39.6 Å². The van der Waals surface area contributed by atoms with Crippen LogP contribution in [0.3, 0.4) is 0 Å². The van der Waals surface area contributed by atoms with E-state index in [0.29, 0.717) is 16.9 Å². The highest BCUT2D eigenvalue weighted by atomic mass is 79.9. The number of halogens is 2. The molecule has 0 spiro atoms. The molecule has 3 aromatic carbocycles. The maximum absolute atomic E-state index is 13.6. The summed E-state index contributed by atoms with van der Waals surface area (Å²) in [7, 11) is 0. The molecule has 30 heavy (non-hydrogen) atoms. The van der Waals surface area contributed by atoms with Gasteiger partial charge in [0.25, 0.3) is 11.8 Å². The van der Waals surface area contributed by atoms with Gasteiger partial charge in [0, 0.05) is 15.6 Å². The van der Waals surface area contributed by atoms with E-state index in [4.69, 9.17) is 4.74 Å². The highest BCUT2D eigenvalue weighted by Crippen LogP contribution is 2.22. The highest BCUT2D eigenvalue weighted by molar-refractivity contribution is 9.10. The summed E-state index contributed by atoms with van der Waals surface area (Å²) in [6.07, 6.45) is 1.41. The molecule has 3 aromatic rings. The number of hydrogen-bond donors (Lipinski definition) is 2. The van der Waals surface area contributed by atoms with Crippen molar-refractivity contribution in [1.29, 1.82) is 0 Å². The van der Waals surface area contributed by atoms with Crippen LogP contribution in [-0.2, 0) is 4.79 Å². The lowest BCUT2D eigenvalue weighted by atomic mass is 10.2. The Bertz CT molecular complexity index is 1070. The smallest absolute Gasteiger partial charge is 0.271 e. The van der Waals surface area contributed by atoms with Gasteiger partial charge in [-0.15, -0.1) is 0 Å². The van der Waals surface area contributed by atoms with Gasteiger partial charge in [0.2, 0.25) is 0 Å². The monoisotopic (exact) mass is 469 g/mol. The number of nitrogens with zero attached hydrogens (tertiary/aromatic N) is 1. The number of para-hydroxylation sites is 1. The lowest BCUT2D eigenvalue weighted by Gasteiger charge is -2.10. The summed E-state index contributed by atoms with van der Waals surface area (Å²) in [5, 5.41) is 6.40. The first-order valence-corrected chi connectivity index (χ1v) is 9.67. The van der Waals surface area contributed by atoms with Gasteiger partial charge in [-0.2, -0.15) is 5.10 Å². The standard InChI is InChI=1S/C22H17BrFN3O3/c23-17-10-11-20(30-14-21(28)26-19-9-5-4-8-18(19)24)16(12-17)13-25-27-22(29)15-6-2-1-3-7-15/h1-13H,14H2,(H,26,28)(H,27,29). The van der Waals surface area contributed by atoms with Crippen molar-refractivity contribution in [3.63, 3.8) is 0 Å². The zero-order valence-electron chi connectivity index (χ0n) is 15.6. The predicted octanol–water partition coefficient (Wildman–Crippen LogP) is 4.37. The molecule has 3 rings (SSSR count). The third kappa shape index (κ3) is 5.99. The van der Waals surface area contributed by atoms with Crippen LogP contribution in [0.2, 0.25) is 0 Å². The van der Waals surface area contributed by atoms with Gasteiger partial charge in [0.05, 0.1) is 11.9 Å². The summed E-state index contributed by atoms with van der Waals surface area (Å²) in [5.74, 6) is -1.02. The van der Waals surface area contributed by atoms with Crippen molar-refractivity contribution in [2.45, 2.75) is 0 Å². The molecular weight excluding hydrogens is 453 g/mol. The molecule has 0 atom stereocenters. The molecule has 0 bridgehead atoms. The minimum absolute atomic E-state index is 0.0762. The largest absolute Gasteiger partial charge is 0.483 e. The number of anilines is 1. The molecule has 0 radical (unpaired) electrons. The van der Waals surface area contributed by atoms with Gasteiger partial charge in [-0.05, 0) is 42.5 Å². The van der Waals surface area contributed by atoms with Crippen molar-refractivity contribution in [3.8, 4) is 5.75 Å². The average molecular weight is 470 g/mol. The van der Waals surface area contributed by atoms with Gasteiger partial charge in [-0.25, -0.2) is 9.82 Å². The zero-order valence-corrected chi connectivity index (χ0v) is 17.2. The predicted molar refractivity (Wildman–Crippen MR) is 116 cm³/mol. The van der Waals surface area contributed by atoms with Crippen molar-refractivity contribution in [3.05, 3.63) is 94.2 Å². The third-order valence-corrected chi connectivity index (χ3v) is 4.38. The molecule has 2 N–H and O–H groups in total. The van der Waals surface area contributed by atoms with E-state index in [1.165, 1.54) is 24.4 Å². The highest BCUT2D eigenvalue weighted by Gasteiger charge is 2.10. The van der Waals surface area contributed by atoms with Gasteiger partial charge in [-0.1, -0.05) is 46.3 Å². The summed E-state index contributed by atoms with van der Waals surface area (Å²) in [6, 6.07) is 19.7. The number of nitrogens with one attached hydrogen (secondary N) is 2. The molecular formula is C22H17BrFN3O3. The van der Waals surface area contributed by atoms with Gasteiger partial charge in [-0.3, -0.25) is 9.59 Å². The SMILES string of the molecule is O=C(COc1ccc(Br)cc1C=NNC(=O)c1ccccc1)Nc1ccccc1F. The molecule has 0 aliphatic heterocycles. The molecule has 8 heteroatoms. The van der Waals surface area contributed by atoms with Gasteiger partial charge >= 0.3 is 0 Å². The Kier molecular flexibility index (Phi) is 7.29. The topological polar surface area (TPSA) is 79.8 Å². The van der Waals surface area contributed by atoms with E-state index in [0.717, 1.165) is 4.47 Å². The Labute approximate surface area is 180 Å². The molecule has 6 nitrogen and oxygen atoms in total. The van der Waals surface area contributed by atoms with Crippen LogP contribution in [-0.4, -0.2) is 24.6 Å². The summed E-state index contributed by atoms with van der Waals surface area (Å²) in [4.78, 5) is 24.1. The molecule has 0 heterocycles. The molecule has 152 valence electrons. The van der Waals surface area contributed by atoms with Crippen LogP contribution in [0.4, 0.5) is 10.1 Å². The normalized spacial score (nSPS) is 10.6. The van der Waals surface area contributed by atoms with E-state index in [1.54, 1.807) is 48.5 Å². The molecule has 2 amide bonds. The molecule has 0 fully saturated rings. The van der Waals surface area contributed by atoms with Crippen LogP contribution in [0.25, 0.3) is 0 Å². The first-order valence-electron chi connectivity index (χ1n) is 8.88. The maximum Gasteiger partial charge on any atom is 0.271 e. The molecule has 0 unspecified atom stereocenters. The average Bonchev–Trinajstić information content (AvgIpc) is 2.75. The van der Waals surface area contributed by atoms with Crippen LogP contribution < -0.4 is 15.5 Å². The van der Waals surface area contributed by atoms with E-state index >= 15 is 0 Å². The number of carbonyl (C=O) groups is 2. The Hall–Kier alpha value is -3.52. The van der Waals surface area contributed by atoms with Gasteiger partial charge < -0.3 is 10.1 Å². The Morgan fingerprint density at radius 3 is 2.53 bits per heavy atom. The Morgan fingerprint density at radius 1 is 1.03 bits per heavy atom. The lowest BCUT2D eigenvalue weighted by molar-refractivity contribution is -0.118. The van der Waals surface area contributed by atoms with Crippen molar-refractivity contribution in [2.75, 3.05) is 11.9 Å². The quantitative estimate of drug-likeness (QED) is 0.398. The van der Waals surface area contributed by atoms with E-state index in [-0.39, 0.29) is 18.2 Å². The van der Waals surface area contributed by atoms with Crippen molar-refractivity contribution in [1.82, 2.24) is 5.43 Å². The number of amides is 2. The second kappa shape index (κ2) is 10.3. The van der Waals surface area contributed by atoms with E-state index < -0.39 is 11.7 Å². The van der Waals surface area contributed by atoms with Gasteiger partial charge in [0.1, 0.15) is 11.6 Å². The van der Waals surface area contributed by atoms with Crippen LogP contribution in [0, 0.1) is 5.82 Å². The summed E-state index contributed by atoms with van der Waals surface area (Å²) < 4.78 is 20.0. The summed E-state index contributed by atoms with van der Waals surface area (Å²) >= 11 is 3.36. The van der Waals surface area contributed by atoms with Crippen molar-refractivity contribution in [2.24, 2.45) is 5.10 Å². The first-order chi connectivity index (χ1) is 14.5. The van der Waals surface area contributed by atoms with E-state index in [1.807, 2.05) is 6.07 Å². The number of hydrazone groups is 1. The lowest BCUT2D eigenvalue weighted by Crippen LogP contribution is -2.21. The van der Waals surface area contributed by atoms with Crippen LogP contribution in [0.1, 0.15) is 15.9 Å². The van der Waals surface area contributed by atoms with Crippen LogP contribution in [0.15, 0.2) is 82.4 Å². The van der Waals surface area contributed by atoms with E-state index in [2.05, 4.69) is 31.8 Å². The number of hydrogen-bond acceptors (Lipinski definition) is 4. The third-order valence-electron chi connectivity index (χ3n) is 3.88. The number of rotatable bonds is 7. The number of ether oxygens (including phenoxy) is 1. The molecule has 0 saturated heterocycles. The Morgan fingerprint density at radius 2 is 1.77 bits per heavy atom. The zero-order chi connectivity index (χ0) is 21.3. The second-order valence-corrected chi connectivity index (χ2v) is 6.98. The second-order valence-electron chi connectivity index (χ2n) is 6.06. The molecule has 0 saturated carbocycles. The molecule has 0 aliphatic carbocycles. The van der Waals surface area contributed by atoms with Crippen LogP contribution in [0.5, 0.6) is 5.75 Å².